The van der Waals surface area contributed by atoms with Crippen molar-refractivity contribution in [2.45, 2.75) is 13.0 Å². The number of amides is 1. The highest BCUT2D eigenvalue weighted by Gasteiger charge is 2.13. The van der Waals surface area contributed by atoms with Crippen molar-refractivity contribution in [2.75, 3.05) is 11.9 Å². The van der Waals surface area contributed by atoms with E-state index in [1.807, 2.05) is 35.7 Å². The summed E-state index contributed by atoms with van der Waals surface area (Å²) < 4.78 is 0. The van der Waals surface area contributed by atoms with Crippen LogP contribution in [0.5, 0.6) is 0 Å². The van der Waals surface area contributed by atoms with Crippen LogP contribution in [0.25, 0.3) is 6.08 Å². The third kappa shape index (κ3) is 2.98. The number of rotatable bonds is 3. The van der Waals surface area contributed by atoms with Gasteiger partial charge in [-0.3, -0.25) is 4.79 Å². The number of anilines is 1. The fourth-order valence-electron chi connectivity index (χ4n) is 2.35. The van der Waals surface area contributed by atoms with E-state index in [0.717, 1.165) is 30.1 Å². The highest BCUT2D eigenvalue weighted by Crippen LogP contribution is 2.23. The van der Waals surface area contributed by atoms with E-state index in [1.54, 1.807) is 17.4 Å². The first-order valence-corrected chi connectivity index (χ1v) is 7.55. The molecule has 102 valence electrons. The number of carbonyl (C=O) groups is 1. The minimum Gasteiger partial charge on any atom is -0.322 e. The summed E-state index contributed by atoms with van der Waals surface area (Å²) in [4.78, 5) is 13.1. The monoisotopic (exact) mass is 284 g/mol. The topological polar surface area (TPSA) is 41.1 Å². The Balaban J connectivity index is 1.73. The van der Waals surface area contributed by atoms with Crippen LogP contribution in [0.3, 0.4) is 0 Å². The molecule has 2 N–H and O–H groups in total. The molecule has 3 rings (SSSR count). The van der Waals surface area contributed by atoms with E-state index in [4.69, 9.17) is 0 Å². The lowest BCUT2D eigenvalue weighted by molar-refractivity contribution is -0.111. The zero-order chi connectivity index (χ0) is 13.8. The third-order valence-electron chi connectivity index (χ3n) is 3.35. The number of carbonyl (C=O) groups excluding carboxylic acids is 1. The zero-order valence-electron chi connectivity index (χ0n) is 11.1. The molecule has 2 aromatic rings. The minimum atomic E-state index is -0.0858. The van der Waals surface area contributed by atoms with Crippen LogP contribution >= 0.6 is 11.3 Å². The van der Waals surface area contributed by atoms with Gasteiger partial charge in [0.15, 0.2) is 0 Å². The van der Waals surface area contributed by atoms with Crippen molar-refractivity contribution in [1.29, 1.82) is 0 Å². The second kappa shape index (κ2) is 6.03. The van der Waals surface area contributed by atoms with Gasteiger partial charge >= 0.3 is 0 Å². The molecule has 0 aliphatic carbocycles. The van der Waals surface area contributed by atoms with Crippen molar-refractivity contribution < 1.29 is 4.79 Å². The molecule has 0 bridgehead atoms. The van der Waals surface area contributed by atoms with Gasteiger partial charge in [0.05, 0.1) is 0 Å². The predicted octanol–water partition coefficient (Wildman–Crippen LogP) is 3.05. The Bertz CT molecular complexity index is 632. The fourth-order valence-corrected chi connectivity index (χ4v) is 2.97. The van der Waals surface area contributed by atoms with E-state index >= 15 is 0 Å². The predicted molar refractivity (Wildman–Crippen MR) is 83.8 cm³/mol. The average molecular weight is 284 g/mol. The van der Waals surface area contributed by atoms with Crippen LogP contribution in [0.15, 0.2) is 41.8 Å². The van der Waals surface area contributed by atoms with Crippen molar-refractivity contribution in [3.8, 4) is 0 Å². The summed E-state index contributed by atoms with van der Waals surface area (Å²) in [6, 6.07) is 10.1. The normalized spacial score (nSPS) is 14.2. The molecule has 0 fully saturated rings. The highest BCUT2D eigenvalue weighted by molar-refractivity contribution is 7.10. The maximum Gasteiger partial charge on any atom is 0.248 e. The number of hydrogen-bond donors (Lipinski definition) is 2. The van der Waals surface area contributed by atoms with Crippen LogP contribution in [0.2, 0.25) is 0 Å². The third-order valence-corrected chi connectivity index (χ3v) is 4.18. The molecule has 1 aromatic carbocycles. The Morgan fingerprint density at radius 3 is 3.10 bits per heavy atom. The number of nitrogens with one attached hydrogen (secondary N) is 2. The molecule has 0 unspecified atom stereocenters. The van der Waals surface area contributed by atoms with Crippen LogP contribution in [0.1, 0.15) is 16.0 Å². The first kappa shape index (κ1) is 13.1. The maximum atomic E-state index is 12.0. The van der Waals surface area contributed by atoms with Gasteiger partial charge < -0.3 is 10.6 Å². The van der Waals surface area contributed by atoms with Crippen molar-refractivity contribution in [1.82, 2.24) is 5.32 Å². The number of fused-ring (bicyclic) bond motifs is 1. The molecular weight excluding hydrogens is 268 g/mol. The Hall–Kier alpha value is -1.91. The summed E-state index contributed by atoms with van der Waals surface area (Å²) in [7, 11) is 0. The summed E-state index contributed by atoms with van der Waals surface area (Å²) in [6.07, 6.45) is 4.44. The van der Waals surface area contributed by atoms with Gasteiger partial charge in [0.1, 0.15) is 0 Å². The van der Waals surface area contributed by atoms with Gasteiger partial charge in [0.25, 0.3) is 0 Å². The van der Waals surface area contributed by atoms with Crippen molar-refractivity contribution in [2.24, 2.45) is 0 Å². The molecule has 20 heavy (non-hydrogen) atoms. The molecule has 0 atom stereocenters. The Kier molecular flexibility index (Phi) is 3.95. The van der Waals surface area contributed by atoms with E-state index in [2.05, 4.69) is 16.7 Å². The Morgan fingerprint density at radius 1 is 1.30 bits per heavy atom. The van der Waals surface area contributed by atoms with Gasteiger partial charge in [0.2, 0.25) is 5.91 Å². The van der Waals surface area contributed by atoms with Crippen molar-refractivity contribution in [3.63, 3.8) is 0 Å². The molecule has 1 amide bonds. The van der Waals surface area contributed by atoms with Crippen molar-refractivity contribution >= 4 is 29.0 Å². The molecule has 0 radical (unpaired) electrons. The Morgan fingerprint density at radius 2 is 2.25 bits per heavy atom. The SMILES string of the molecule is O=C(/C=C/c1cccs1)Nc1cccc2c1CNCC2. The number of benzene rings is 1. The van der Waals surface area contributed by atoms with E-state index in [-0.39, 0.29) is 5.91 Å². The standard InChI is InChI=1S/C16H16N2OS/c19-16(7-6-13-4-2-10-20-13)18-15-5-1-3-12-8-9-17-11-14(12)15/h1-7,10,17H,8-9,11H2,(H,18,19)/b7-6+. The lowest BCUT2D eigenvalue weighted by Gasteiger charge is -2.20. The highest BCUT2D eigenvalue weighted by atomic mass is 32.1. The van der Waals surface area contributed by atoms with Gasteiger partial charge in [-0.05, 0) is 47.7 Å². The smallest absolute Gasteiger partial charge is 0.248 e. The van der Waals surface area contributed by atoms with Crippen LogP contribution in [-0.2, 0) is 17.8 Å². The second-order valence-electron chi connectivity index (χ2n) is 4.71. The molecule has 0 spiro atoms. The summed E-state index contributed by atoms with van der Waals surface area (Å²) in [5, 5.41) is 8.31. The molecule has 1 aliphatic heterocycles. The second-order valence-corrected chi connectivity index (χ2v) is 5.69. The molecule has 0 saturated heterocycles. The first-order chi connectivity index (χ1) is 9.83. The molecule has 2 heterocycles. The van der Waals surface area contributed by atoms with Gasteiger partial charge in [-0.15, -0.1) is 11.3 Å². The lowest BCUT2D eigenvalue weighted by Crippen LogP contribution is -2.25. The average Bonchev–Trinajstić information content (AvgIpc) is 2.99. The number of hydrogen-bond acceptors (Lipinski definition) is 3. The quantitative estimate of drug-likeness (QED) is 0.851. The van der Waals surface area contributed by atoms with Gasteiger partial charge in [-0.1, -0.05) is 18.2 Å². The summed E-state index contributed by atoms with van der Waals surface area (Å²) in [5.41, 5.74) is 3.44. The lowest BCUT2D eigenvalue weighted by atomic mass is 9.99. The van der Waals surface area contributed by atoms with E-state index in [1.165, 1.54) is 11.1 Å². The van der Waals surface area contributed by atoms with Gasteiger partial charge in [-0.25, -0.2) is 0 Å². The molecule has 0 saturated carbocycles. The molecule has 1 aromatic heterocycles. The van der Waals surface area contributed by atoms with Gasteiger partial charge in [-0.2, -0.15) is 0 Å². The molecule has 3 nitrogen and oxygen atoms in total. The van der Waals surface area contributed by atoms with Crippen LogP contribution in [-0.4, -0.2) is 12.5 Å². The molecular formula is C16H16N2OS. The maximum absolute atomic E-state index is 12.0. The molecule has 4 heteroatoms. The van der Waals surface area contributed by atoms with E-state index in [9.17, 15) is 4.79 Å². The fraction of sp³-hybridized carbons (Fsp3) is 0.188. The first-order valence-electron chi connectivity index (χ1n) is 6.67. The van der Waals surface area contributed by atoms with Crippen LogP contribution in [0.4, 0.5) is 5.69 Å². The van der Waals surface area contributed by atoms with Gasteiger partial charge in [0, 0.05) is 23.2 Å². The number of thiophene rings is 1. The Labute approximate surface area is 122 Å². The van der Waals surface area contributed by atoms with E-state index in [0.29, 0.717) is 0 Å². The largest absolute Gasteiger partial charge is 0.322 e. The summed E-state index contributed by atoms with van der Waals surface area (Å²) >= 11 is 1.62. The molecule has 1 aliphatic rings. The summed E-state index contributed by atoms with van der Waals surface area (Å²) in [6.45, 7) is 1.82. The van der Waals surface area contributed by atoms with E-state index < -0.39 is 0 Å². The van der Waals surface area contributed by atoms with Crippen LogP contribution in [0, 0.1) is 0 Å². The minimum absolute atomic E-state index is 0.0858. The van der Waals surface area contributed by atoms with Crippen LogP contribution < -0.4 is 10.6 Å². The zero-order valence-corrected chi connectivity index (χ0v) is 11.9. The summed E-state index contributed by atoms with van der Waals surface area (Å²) in [5.74, 6) is -0.0858. The van der Waals surface area contributed by atoms with Crippen molar-refractivity contribution in [3.05, 3.63) is 57.8 Å².